The van der Waals surface area contributed by atoms with Crippen LogP contribution in [0.2, 0.25) is 0 Å². The van der Waals surface area contributed by atoms with Crippen LogP contribution in [0.5, 0.6) is 0 Å². The van der Waals surface area contributed by atoms with Crippen molar-refractivity contribution in [3.05, 3.63) is 185 Å². The van der Waals surface area contributed by atoms with Crippen molar-refractivity contribution in [3.63, 3.8) is 0 Å². The summed E-state index contributed by atoms with van der Waals surface area (Å²) in [6, 6.07) is 55.7. The third kappa shape index (κ3) is 4.91. The van der Waals surface area contributed by atoms with Crippen molar-refractivity contribution in [2.24, 2.45) is 9.98 Å². The SMILES string of the molecule is C1=c2cc(-c3cc(C4N=C(c5ccccc5)NC(c5ccccc5)=N4)cc(-n4c5ccccc5c5ccccc54)c3)c3nc4ccccc4n3c2=CCC1. The van der Waals surface area contributed by atoms with E-state index < -0.39 is 6.17 Å². The highest BCUT2D eigenvalue weighted by atomic mass is 15.2. The molecule has 0 amide bonds. The molecule has 2 aliphatic rings. The molecule has 0 unspecified atom stereocenters. The van der Waals surface area contributed by atoms with Gasteiger partial charge in [-0.3, -0.25) is 4.40 Å². The van der Waals surface area contributed by atoms with Gasteiger partial charge < -0.3 is 9.88 Å². The second-order valence-corrected chi connectivity index (χ2v) is 14.0. The summed E-state index contributed by atoms with van der Waals surface area (Å²) in [5.41, 5.74) is 11.6. The Balaban J connectivity index is 1.22. The van der Waals surface area contributed by atoms with E-state index >= 15 is 0 Å². The number of fused-ring (bicyclic) bond motifs is 8. The van der Waals surface area contributed by atoms with Gasteiger partial charge in [-0.1, -0.05) is 121 Å². The van der Waals surface area contributed by atoms with Crippen LogP contribution < -0.4 is 15.9 Å². The largest absolute Gasteiger partial charge is 0.324 e. The van der Waals surface area contributed by atoms with Gasteiger partial charge in [0, 0.05) is 38.7 Å². The van der Waals surface area contributed by atoms with Gasteiger partial charge in [0.2, 0.25) is 0 Å². The Hall–Kier alpha value is -7.05. The molecule has 6 aromatic carbocycles. The second-order valence-electron chi connectivity index (χ2n) is 14.0. The first-order valence-electron chi connectivity index (χ1n) is 18.5. The van der Waals surface area contributed by atoms with Gasteiger partial charge in [0.25, 0.3) is 0 Å². The van der Waals surface area contributed by atoms with Crippen molar-refractivity contribution in [1.29, 1.82) is 0 Å². The molecule has 256 valence electrons. The highest BCUT2D eigenvalue weighted by Gasteiger charge is 2.24. The molecular formula is C48H34N6. The number of nitrogens with one attached hydrogen (secondary N) is 1. The maximum atomic E-state index is 5.32. The zero-order valence-corrected chi connectivity index (χ0v) is 29.4. The molecule has 6 nitrogen and oxygen atoms in total. The van der Waals surface area contributed by atoms with Crippen LogP contribution in [0.4, 0.5) is 0 Å². The van der Waals surface area contributed by atoms with Gasteiger partial charge >= 0.3 is 0 Å². The van der Waals surface area contributed by atoms with Gasteiger partial charge in [0.05, 0.1) is 27.4 Å². The van der Waals surface area contributed by atoms with Crippen molar-refractivity contribution in [2.75, 3.05) is 0 Å². The molecule has 1 N–H and O–H groups in total. The highest BCUT2D eigenvalue weighted by Crippen LogP contribution is 2.37. The van der Waals surface area contributed by atoms with Crippen LogP contribution in [0.25, 0.3) is 67.5 Å². The Bertz CT molecular complexity index is 3020. The number of para-hydroxylation sites is 4. The number of rotatable bonds is 5. The molecule has 1 aliphatic carbocycles. The van der Waals surface area contributed by atoms with E-state index in [4.69, 9.17) is 15.0 Å². The molecule has 11 rings (SSSR count). The Morgan fingerprint density at radius 3 is 1.81 bits per heavy atom. The van der Waals surface area contributed by atoms with Crippen LogP contribution >= 0.6 is 0 Å². The molecule has 0 fully saturated rings. The Morgan fingerprint density at radius 1 is 0.537 bits per heavy atom. The third-order valence-electron chi connectivity index (χ3n) is 10.7. The summed E-state index contributed by atoms with van der Waals surface area (Å²) in [7, 11) is 0. The first-order valence-corrected chi connectivity index (χ1v) is 18.5. The van der Waals surface area contributed by atoms with Gasteiger partial charge in [-0.25, -0.2) is 15.0 Å². The predicted molar refractivity (Wildman–Crippen MR) is 222 cm³/mol. The first kappa shape index (κ1) is 30.6. The van der Waals surface area contributed by atoms with Crippen molar-refractivity contribution < 1.29 is 0 Å². The maximum Gasteiger partial charge on any atom is 0.169 e. The molecule has 4 heterocycles. The summed E-state index contributed by atoms with van der Waals surface area (Å²) >= 11 is 0. The van der Waals surface area contributed by atoms with Crippen LogP contribution in [-0.2, 0) is 0 Å². The molecule has 0 radical (unpaired) electrons. The zero-order valence-electron chi connectivity index (χ0n) is 29.4. The summed E-state index contributed by atoms with van der Waals surface area (Å²) in [6.45, 7) is 0. The second kappa shape index (κ2) is 12.3. The first-order chi connectivity index (χ1) is 26.8. The minimum Gasteiger partial charge on any atom is -0.324 e. The van der Waals surface area contributed by atoms with Crippen LogP contribution in [-0.4, -0.2) is 25.6 Å². The van der Waals surface area contributed by atoms with E-state index in [2.05, 4.69) is 148 Å². The Morgan fingerprint density at radius 2 is 1.13 bits per heavy atom. The quantitative estimate of drug-likeness (QED) is 0.196. The van der Waals surface area contributed by atoms with Crippen LogP contribution in [0, 0.1) is 0 Å². The number of pyridine rings is 1. The number of imidazole rings is 1. The van der Waals surface area contributed by atoms with E-state index in [1.807, 2.05) is 36.4 Å². The standard InChI is InChI=1S/C48H34N6/c1-3-15-31(16-4-1)45-50-46(32-17-5-2-6-18-32)52-47(51-45)35-27-34(28-36(29-35)53-42-24-12-8-20-37(42)38-21-9-13-25-43(38)53)39-30-33-19-7-11-23-41(33)54-44-26-14-10-22-40(44)49-48(39)54/h1-6,8-10,12-30,47H,7,11H2,(H,50,51,52). The highest BCUT2D eigenvalue weighted by molar-refractivity contribution is 6.16. The zero-order chi connectivity index (χ0) is 35.6. The summed E-state index contributed by atoms with van der Waals surface area (Å²) in [5, 5.41) is 8.44. The lowest BCUT2D eigenvalue weighted by atomic mass is 9.99. The smallest absolute Gasteiger partial charge is 0.169 e. The number of aromatic nitrogens is 3. The summed E-state index contributed by atoms with van der Waals surface area (Å²) in [4.78, 5) is 15.9. The minimum atomic E-state index is -0.504. The maximum absolute atomic E-state index is 5.32. The topological polar surface area (TPSA) is 59.0 Å². The number of amidine groups is 2. The van der Waals surface area contributed by atoms with E-state index in [-0.39, 0.29) is 0 Å². The van der Waals surface area contributed by atoms with E-state index in [1.54, 1.807) is 0 Å². The molecule has 0 spiro atoms. The number of aliphatic imine (C=N–C) groups is 2. The number of nitrogens with zero attached hydrogens (tertiary/aromatic N) is 5. The lowest BCUT2D eigenvalue weighted by Gasteiger charge is -2.23. The molecule has 0 atom stereocenters. The fourth-order valence-electron chi connectivity index (χ4n) is 8.27. The van der Waals surface area contributed by atoms with Crippen LogP contribution in [0.15, 0.2) is 168 Å². The van der Waals surface area contributed by atoms with Gasteiger partial charge in [0.15, 0.2) is 6.17 Å². The molecule has 9 aromatic rings. The van der Waals surface area contributed by atoms with Gasteiger partial charge in [0.1, 0.15) is 17.3 Å². The van der Waals surface area contributed by atoms with Gasteiger partial charge in [-0.05, 0) is 72.2 Å². The summed E-state index contributed by atoms with van der Waals surface area (Å²) in [5.74, 6) is 1.58. The molecule has 0 bridgehead atoms. The third-order valence-corrected chi connectivity index (χ3v) is 10.7. The molecule has 6 heteroatoms. The Kier molecular flexibility index (Phi) is 6.95. The van der Waals surface area contributed by atoms with Gasteiger partial charge in [-0.2, -0.15) is 0 Å². The lowest BCUT2D eigenvalue weighted by molar-refractivity contribution is 0.755. The van der Waals surface area contributed by atoms with Crippen molar-refractivity contribution in [1.82, 2.24) is 19.3 Å². The van der Waals surface area contributed by atoms with Crippen molar-refractivity contribution >= 4 is 62.3 Å². The molecule has 1 aliphatic heterocycles. The number of hydrogen-bond donors (Lipinski definition) is 1. The number of benzene rings is 6. The van der Waals surface area contributed by atoms with Crippen LogP contribution in [0.3, 0.4) is 0 Å². The predicted octanol–water partition coefficient (Wildman–Crippen LogP) is 9.10. The molecular weight excluding hydrogens is 661 g/mol. The lowest BCUT2D eigenvalue weighted by Crippen LogP contribution is -2.36. The molecule has 3 aromatic heterocycles. The average Bonchev–Trinajstić information content (AvgIpc) is 3.80. The minimum absolute atomic E-state index is 0.504. The van der Waals surface area contributed by atoms with Crippen LogP contribution in [0.1, 0.15) is 35.7 Å². The number of hydrogen-bond acceptors (Lipinski definition) is 4. The fraction of sp³-hybridized carbons (Fsp3) is 0.0625. The average molecular weight is 695 g/mol. The molecule has 0 saturated heterocycles. The van der Waals surface area contributed by atoms with Crippen molar-refractivity contribution in [2.45, 2.75) is 19.0 Å². The normalized spacial score (nSPS) is 14.4. The van der Waals surface area contributed by atoms with Gasteiger partial charge in [-0.15, -0.1) is 0 Å². The Labute approximate surface area is 311 Å². The van der Waals surface area contributed by atoms with E-state index in [0.717, 1.165) is 85.7 Å². The molecule has 0 saturated carbocycles. The van der Waals surface area contributed by atoms with Crippen molar-refractivity contribution in [3.8, 4) is 16.8 Å². The summed E-state index contributed by atoms with van der Waals surface area (Å²) in [6.07, 6.45) is 6.25. The van der Waals surface area contributed by atoms with E-state index in [1.165, 1.54) is 21.3 Å². The summed E-state index contributed by atoms with van der Waals surface area (Å²) < 4.78 is 4.74. The van der Waals surface area contributed by atoms with E-state index in [0.29, 0.717) is 0 Å². The fourth-order valence-corrected chi connectivity index (χ4v) is 8.27. The molecule has 54 heavy (non-hydrogen) atoms. The van der Waals surface area contributed by atoms with E-state index in [9.17, 15) is 0 Å². The monoisotopic (exact) mass is 694 g/mol.